The molecule has 176 valence electrons. The number of thiophene rings is 1. The fourth-order valence-corrected chi connectivity index (χ4v) is 6.21. The average molecular weight is 484 g/mol. The van der Waals surface area contributed by atoms with Gasteiger partial charge in [-0.15, -0.1) is 11.3 Å². The average Bonchev–Trinajstić information content (AvgIpc) is 3.26. The molecule has 1 atom stereocenters. The van der Waals surface area contributed by atoms with Gasteiger partial charge in [0.25, 0.3) is 5.91 Å². The lowest BCUT2D eigenvalue weighted by molar-refractivity contribution is 0.0736. The molecule has 1 aromatic heterocycles. The molecule has 4 aromatic rings. The van der Waals surface area contributed by atoms with Crippen molar-refractivity contribution in [2.75, 3.05) is 18.4 Å². The number of amides is 1. The highest BCUT2D eigenvalue weighted by Gasteiger charge is 2.33. The molecular weight excluding hydrogens is 458 g/mol. The minimum Gasteiger partial charge on any atom is -0.423 e. The van der Waals surface area contributed by atoms with Crippen LogP contribution in [0.2, 0.25) is 0 Å². The van der Waals surface area contributed by atoms with Gasteiger partial charge >= 0.3 is 5.97 Å². The largest absolute Gasteiger partial charge is 0.423 e. The van der Waals surface area contributed by atoms with Gasteiger partial charge in [-0.3, -0.25) is 9.69 Å². The van der Waals surface area contributed by atoms with Crippen LogP contribution in [0.25, 0.3) is 10.8 Å². The van der Waals surface area contributed by atoms with Gasteiger partial charge in [-0.05, 0) is 53.1 Å². The number of hydrogen-bond donors (Lipinski definition) is 2. The summed E-state index contributed by atoms with van der Waals surface area (Å²) in [4.78, 5) is 29.5. The number of esters is 1. The first kappa shape index (κ1) is 21.8. The minimum absolute atomic E-state index is 0.0299. The van der Waals surface area contributed by atoms with Gasteiger partial charge in [0, 0.05) is 18.0 Å². The lowest BCUT2D eigenvalue weighted by Gasteiger charge is -2.28. The number of benzene rings is 3. The van der Waals surface area contributed by atoms with Gasteiger partial charge in [-0.25, -0.2) is 4.79 Å². The molecule has 6 nitrogen and oxygen atoms in total. The highest BCUT2D eigenvalue weighted by Crippen LogP contribution is 2.40. The van der Waals surface area contributed by atoms with E-state index >= 15 is 0 Å². The molecule has 1 amide bonds. The van der Waals surface area contributed by atoms with Crippen molar-refractivity contribution in [2.45, 2.75) is 26.1 Å². The third-order valence-electron chi connectivity index (χ3n) is 6.79. The van der Waals surface area contributed by atoms with Crippen molar-refractivity contribution in [1.82, 2.24) is 10.2 Å². The Hall–Kier alpha value is -3.68. The van der Waals surface area contributed by atoms with Gasteiger partial charge in [0.2, 0.25) is 0 Å². The number of ether oxygens (including phenoxy) is 1. The van der Waals surface area contributed by atoms with E-state index in [0.717, 1.165) is 53.0 Å². The van der Waals surface area contributed by atoms with Crippen molar-refractivity contribution in [3.63, 3.8) is 0 Å². The number of carbonyl (C=O) groups excluding carboxylic acids is 2. The summed E-state index contributed by atoms with van der Waals surface area (Å²) in [5.74, 6) is 0.0342. The van der Waals surface area contributed by atoms with E-state index in [4.69, 9.17) is 4.74 Å². The molecule has 0 radical (unpaired) electrons. The fourth-order valence-electron chi connectivity index (χ4n) is 4.90. The molecule has 35 heavy (non-hydrogen) atoms. The highest BCUT2D eigenvalue weighted by atomic mass is 32.1. The number of carbonyl (C=O) groups is 2. The quantitative estimate of drug-likeness (QED) is 0.302. The lowest BCUT2D eigenvalue weighted by atomic mass is 10.0. The first-order chi connectivity index (χ1) is 17.1. The molecule has 2 aliphatic heterocycles. The van der Waals surface area contributed by atoms with E-state index in [-0.39, 0.29) is 12.1 Å². The summed E-state index contributed by atoms with van der Waals surface area (Å²) >= 11 is 1.69. The van der Waals surface area contributed by atoms with Crippen molar-refractivity contribution in [2.24, 2.45) is 0 Å². The Balaban J connectivity index is 1.19. The maximum atomic E-state index is 13.0. The normalized spacial score (nSPS) is 17.3. The molecule has 3 heterocycles. The fraction of sp³-hybridized carbons (Fsp3) is 0.214. The van der Waals surface area contributed by atoms with E-state index in [9.17, 15) is 9.59 Å². The number of fused-ring (bicyclic) bond motifs is 4. The molecule has 2 aliphatic rings. The number of nitrogens with one attached hydrogen (secondary N) is 2. The van der Waals surface area contributed by atoms with E-state index in [1.165, 1.54) is 10.4 Å². The summed E-state index contributed by atoms with van der Waals surface area (Å²) < 4.78 is 5.65. The molecule has 3 aromatic carbocycles. The Morgan fingerprint density at radius 3 is 2.69 bits per heavy atom. The van der Waals surface area contributed by atoms with E-state index in [2.05, 4.69) is 22.5 Å². The number of rotatable bonds is 4. The highest BCUT2D eigenvalue weighted by molar-refractivity contribution is 7.16. The van der Waals surface area contributed by atoms with Gasteiger partial charge in [0.05, 0.1) is 11.1 Å². The Labute approximate surface area is 207 Å². The smallest absolute Gasteiger partial charge is 0.344 e. The van der Waals surface area contributed by atoms with Crippen LogP contribution in [-0.4, -0.2) is 29.9 Å². The van der Waals surface area contributed by atoms with Crippen LogP contribution in [0.15, 0.2) is 66.7 Å². The van der Waals surface area contributed by atoms with Crippen LogP contribution in [0.5, 0.6) is 5.75 Å². The molecule has 0 spiro atoms. The van der Waals surface area contributed by atoms with E-state index in [0.29, 0.717) is 11.3 Å². The van der Waals surface area contributed by atoms with Crippen LogP contribution in [0.3, 0.4) is 0 Å². The zero-order chi connectivity index (χ0) is 23.9. The Kier molecular flexibility index (Phi) is 5.51. The zero-order valence-corrected chi connectivity index (χ0v) is 20.2. The second kappa shape index (κ2) is 8.83. The van der Waals surface area contributed by atoms with Crippen LogP contribution < -0.4 is 15.4 Å². The van der Waals surface area contributed by atoms with Gasteiger partial charge in [0.1, 0.15) is 16.9 Å². The Morgan fingerprint density at radius 2 is 1.86 bits per heavy atom. The van der Waals surface area contributed by atoms with Crippen molar-refractivity contribution < 1.29 is 14.3 Å². The van der Waals surface area contributed by atoms with Crippen LogP contribution in [-0.2, 0) is 13.0 Å². The van der Waals surface area contributed by atoms with E-state index in [1.54, 1.807) is 29.5 Å². The molecule has 0 bridgehead atoms. The summed E-state index contributed by atoms with van der Waals surface area (Å²) in [6.07, 6.45) is 0.575. The van der Waals surface area contributed by atoms with Crippen LogP contribution in [0.4, 0.5) is 5.00 Å². The second-order valence-corrected chi connectivity index (χ2v) is 9.97. The van der Waals surface area contributed by atoms with E-state index < -0.39 is 5.97 Å². The van der Waals surface area contributed by atoms with Gasteiger partial charge < -0.3 is 15.4 Å². The molecule has 0 saturated carbocycles. The van der Waals surface area contributed by atoms with Crippen LogP contribution in [0.1, 0.15) is 49.8 Å². The molecule has 0 unspecified atom stereocenters. The summed E-state index contributed by atoms with van der Waals surface area (Å²) in [7, 11) is 0. The number of anilines is 1. The summed E-state index contributed by atoms with van der Waals surface area (Å²) in [5, 5.41) is 9.39. The number of likely N-dealkylation sites (N-methyl/N-ethyl adjacent to an activating group) is 1. The summed E-state index contributed by atoms with van der Waals surface area (Å²) in [6.45, 7) is 5.08. The molecule has 6 rings (SSSR count). The van der Waals surface area contributed by atoms with Crippen molar-refractivity contribution >= 4 is 39.0 Å². The molecular formula is C28H25N3O3S. The predicted octanol–water partition coefficient (Wildman–Crippen LogP) is 5.35. The van der Waals surface area contributed by atoms with Crippen molar-refractivity contribution in [3.05, 3.63) is 93.9 Å². The zero-order valence-electron chi connectivity index (χ0n) is 19.3. The third-order valence-corrected chi connectivity index (χ3v) is 7.94. The summed E-state index contributed by atoms with van der Waals surface area (Å²) in [5.41, 5.74) is 3.42. The van der Waals surface area contributed by atoms with Crippen LogP contribution >= 0.6 is 11.3 Å². The maximum Gasteiger partial charge on any atom is 0.344 e. The monoisotopic (exact) mass is 483 g/mol. The third kappa shape index (κ3) is 3.96. The minimum atomic E-state index is -0.395. The molecule has 7 heteroatoms. The number of nitrogens with zero attached hydrogens (tertiary/aromatic N) is 1. The number of hydrogen-bond acceptors (Lipinski definition) is 6. The van der Waals surface area contributed by atoms with Gasteiger partial charge in [0.15, 0.2) is 0 Å². The van der Waals surface area contributed by atoms with Crippen LogP contribution in [0, 0.1) is 0 Å². The van der Waals surface area contributed by atoms with Gasteiger partial charge in [-0.2, -0.15) is 0 Å². The molecule has 0 aliphatic carbocycles. The Morgan fingerprint density at radius 1 is 1.06 bits per heavy atom. The first-order valence-electron chi connectivity index (χ1n) is 11.8. The van der Waals surface area contributed by atoms with Crippen molar-refractivity contribution in [1.29, 1.82) is 0 Å². The predicted molar refractivity (Wildman–Crippen MR) is 138 cm³/mol. The molecule has 0 fully saturated rings. The maximum absolute atomic E-state index is 13.0. The molecule has 0 saturated heterocycles. The van der Waals surface area contributed by atoms with E-state index in [1.807, 2.05) is 48.5 Å². The second-order valence-electron chi connectivity index (χ2n) is 8.86. The Bertz CT molecular complexity index is 1440. The van der Waals surface area contributed by atoms with Gasteiger partial charge in [-0.1, -0.05) is 55.5 Å². The molecule has 2 N–H and O–H groups in total. The van der Waals surface area contributed by atoms with Crippen molar-refractivity contribution in [3.8, 4) is 5.75 Å². The first-order valence-corrected chi connectivity index (χ1v) is 12.7. The standard InChI is InChI=1S/C28H25N3O3S/c1-2-31-15-14-22-23(16-31)35-27-24(22)26(32)29-25(30-27)18-10-12-19(13-11-18)34-28(33)21-9-5-7-17-6-3-4-8-20(17)21/h3-13,25,30H,2,14-16H2,1H3,(H,29,32)/t25-/m0/s1. The SMILES string of the molecule is CCN1CCc2c(sc3c2C(=O)N[C@H](c2ccc(OC(=O)c4cccc5ccccc45)cc2)N3)C1. The topological polar surface area (TPSA) is 70.7 Å². The summed E-state index contributed by atoms with van der Waals surface area (Å²) in [6, 6.07) is 20.6. The lowest BCUT2D eigenvalue weighted by Crippen LogP contribution is -2.38.